The number of carbonyl (C=O) groups excluding carboxylic acids is 4. The molecule has 0 aliphatic heterocycles. The van der Waals surface area contributed by atoms with Crippen molar-refractivity contribution in [2.75, 3.05) is 6.54 Å². The molecule has 0 spiro atoms. The molecular weight excluding hydrogens is 558 g/mol. The normalized spacial score (nSPS) is 13.5. The van der Waals surface area contributed by atoms with Crippen LogP contribution in [0, 0.1) is 18.3 Å². The number of aryl methyl sites for hydroxylation is 1. The lowest BCUT2D eigenvalue weighted by atomic mass is 9.98. The van der Waals surface area contributed by atoms with Gasteiger partial charge in [-0.25, -0.2) is 4.99 Å². The Hall–Kier alpha value is -4.80. The fourth-order valence-electron chi connectivity index (χ4n) is 4.50. The molecule has 0 fully saturated rings. The first-order valence-electron chi connectivity index (χ1n) is 14.8. The number of rotatable bonds is 18. The number of aliphatic imine (C=N–C) groups is 1. The second-order valence-corrected chi connectivity index (χ2v) is 10.6. The van der Waals surface area contributed by atoms with Gasteiger partial charge < -0.3 is 27.4 Å². The smallest absolute Gasteiger partial charge is 0.243 e. The lowest BCUT2D eigenvalue weighted by Gasteiger charge is -2.24. The number of amides is 3. The first-order chi connectivity index (χ1) is 21.0. The zero-order valence-corrected chi connectivity index (χ0v) is 25.8. The van der Waals surface area contributed by atoms with Gasteiger partial charge in [-0.3, -0.25) is 24.6 Å². The molecule has 2 rings (SSSR count). The highest BCUT2D eigenvalue weighted by Gasteiger charge is 2.29. The molecule has 0 heterocycles. The monoisotopic (exact) mass is 603 g/mol. The maximum absolute atomic E-state index is 13.8. The standard InChI is InChI=1S/C33H45N7O4/c1-4-5-15-25(18-19-29(34)41)31(43)40-28(21-24-13-7-6-8-14-24)32(44)39-27(17-11-20-37-33(35)36)30(42)23(3)38-26-16-10-9-12-22(26)2/h5-10,12-16,25,27-28H,4,11,17-21H2,1-3H3,(H2,34,41)(H,39,44)(H,40,43)(H4,35,36,37)/b15-5+,38-23+/t25-,27-,28-/m0/s1. The van der Waals surface area contributed by atoms with E-state index in [0.29, 0.717) is 25.1 Å². The summed E-state index contributed by atoms with van der Waals surface area (Å²) in [6.45, 7) is 5.76. The predicted molar refractivity (Wildman–Crippen MR) is 173 cm³/mol. The Morgan fingerprint density at radius 2 is 1.59 bits per heavy atom. The molecule has 0 aliphatic carbocycles. The van der Waals surface area contributed by atoms with Crippen LogP contribution in [-0.2, 0) is 25.6 Å². The zero-order chi connectivity index (χ0) is 32.5. The van der Waals surface area contributed by atoms with E-state index in [-0.39, 0.29) is 43.1 Å². The lowest BCUT2D eigenvalue weighted by molar-refractivity contribution is -0.131. The summed E-state index contributed by atoms with van der Waals surface area (Å²) < 4.78 is 0. The summed E-state index contributed by atoms with van der Waals surface area (Å²) in [6.07, 6.45) is 5.33. The number of ketones is 1. The van der Waals surface area contributed by atoms with E-state index in [4.69, 9.17) is 16.9 Å². The van der Waals surface area contributed by atoms with E-state index in [2.05, 4.69) is 20.9 Å². The van der Waals surface area contributed by atoms with Crippen LogP contribution < -0.4 is 27.4 Å². The maximum Gasteiger partial charge on any atom is 0.243 e. The van der Waals surface area contributed by atoms with Crippen molar-refractivity contribution in [1.29, 1.82) is 5.41 Å². The highest BCUT2D eigenvalue weighted by molar-refractivity contribution is 6.41. The van der Waals surface area contributed by atoms with E-state index in [1.807, 2.05) is 74.5 Å². The van der Waals surface area contributed by atoms with Gasteiger partial charge >= 0.3 is 0 Å². The fraction of sp³-hybridized carbons (Fsp3) is 0.394. The Morgan fingerprint density at radius 3 is 2.23 bits per heavy atom. The van der Waals surface area contributed by atoms with Gasteiger partial charge in [0.2, 0.25) is 17.7 Å². The highest BCUT2D eigenvalue weighted by atomic mass is 16.2. The third kappa shape index (κ3) is 12.6. The molecule has 11 nitrogen and oxygen atoms in total. The van der Waals surface area contributed by atoms with Gasteiger partial charge in [-0.1, -0.05) is 67.6 Å². The SMILES string of the molecule is CC/C=C/[C@@H](CCC(N)=O)C(=O)N[C@@H](Cc1ccccc1)C(=O)N[C@@H](CCCNC(=N)N)C(=O)/C(C)=N/c1ccccc1C. The van der Waals surface area contributed by atoms with Crippen LogP contribution in [0.3, 0.4) is 0 Å². The number of para-hydroxylation sites is 1. The van der Waals surface area contributed by atoms with Gasteiger partial charge in [0.15, 0.2) is 11.7 Å². The number of hydrogen-bond acceptors (Lipinski definition) is 6. The van der Waals surface area contributed by atoms with Crippen molar-refractivity contribution in [3.63, 3.8) is 0 Å². The second kappa shape index (κ2) is 18.7. The number of primary amides is 1. The minimum Gasteiger partial charge on any atom is -0.370 e. The molecule has 0 saturated carbocycles. The fourth-order valence-corrected chi connectivity index (χ4v) is 4.50. The predicted octanol–water partition coefficient (Wildman–Crippen LogP) is 2.98. The molecule has 3 amide bonds. The molecular formula is C33H45N7O4. The van der Waals surface area contributed by atoms with Gasteiger partial charge in [-0.2, -0.15) is 0 Å². The summed E-state index contributed by atoms with van der Waals surface area (Å²) in [5, 5.41) is 15.8. The number of nitrogens with two attached hydrogens (primary N) is 2. The molecule has 44 heavy (non-hydrogen) atoms. The Labute approximate surface area is 259 Å². The Morgan fingerprint density at radius 1 is 0.932 bits per heavy atom. The highest BCUT2D eigenvalue weighted by Crippen LogP contribution is 2.18. The van der Waals surface area contributed by atoms with Gasteiger partial charge in [0.1, 0.15) is 6.04 Å². The molecule has 0 saturated heterocycles. The van der Waals surface area contributed by atoms with Crippen molar-refractivity contribution in [2.45, 2.75) is 71.4 Å². The second-order valence-electron chi connectivity index (χ2n) is 10.6. The van der Waals surface area contributed by atoms with Crippen molar-refractivity contribution < 1.29 is 19.2 Å². The summed E-state index contributed by atoms with van der Waals surface area (Å²) in [6, 6.07) is 14.7. The number of nitrogens with one attached hydrogen (secondary N) is 4. The summed E-state index contributed by atoms with van der Waals surface area (Å²) in [4.78, 5) is 56.8. The van der Waals surface area contributed by atoms with Crippen LogP contribution in [0.2, 0.25) is 0 Å². The number of hydrogen-bond donors (Lipinski definition) is 6. The van der Waals surface area contributed by atoms with Crippen LogP contribution >= 0.6 is 0 Å². The molecule has 0 aliphatic rings. The number of allylic oxidation sites excluding steroid dienone is 1. The molecule has 8 N–H and O–H groups in total. The molecule has 2 aromatic carbocycles. The largest absolute Gasteiger partial charge is 0.370 e. The molecule has 2 aromatic rings. The molecule has 0 aromatic heterocycles. The van der Waals surface area contributed by atoms with Crippen molar-refractivity contribution in [3.8, 4) is 0 Å². The Bertz CT molecular complexity index is 1340. The van der Waals surface area contributed by atoms with E-state index >= 15 is 0 Å². The van der Waals surface area contributed by atoms with E-state index in [1.165, 1.54) is 0 Å². The van der Waals surface area contributed by atoms with Crippen LogP contribution in [0.4, 0.5) is 5.69 Å². The van der Waals surface area contributed by atoms with Gasteiger partial charge in [0.05, 0.1) is 23.4 Å². The number of Topliss-reactive ketones (excluding diaryl/α,β-unsaturated/α-hetero) is 1. The third-order valence-electron chi connectivity index (χ3n) is 6.94. The van der Waals surface area contributed by atoms with Crippen LogP contribution in [0.25, 0.3) is 0 Å². The summed E-state index contributed by atoms with van der Waals surface area (Å²) in [5.41, 5.74) is 13.3. The van der Waals surface area contributed by atoms with E-state index < -0.39 is 35.7 Å². The zero-order valence-electron chi connectivity index (χ0n) is 25.8. The first kappa shape index (κ1) is 35.4. The maximum atomic E-state index is 13.8. The Balaban J connectivity index is 2.35. The van der Waals surface area contributed by atoms with Gasteiger partial charge in [0, 0.05) is 19.4 Å². The third-order valence-corrected chi connectivity index (χ3v) is 6.94. The first-order valence-corrected chi connectivity index (χ1v) is 14.8. The molecule has 236 valence electrons. The number of nitrogens with zero attached hydrogens (tertiary/aromatic N) is 1. The minimum atomic E-state index is -1.00. The summed E-state index contributed by atoms with van der Waals surface area (Å²) in [5.74, 6) is -2.68. The van der Waals surface area contributed by atoms with Crippen LogP contribution in [0.5, 0.6) is 0 Å². The van der Waals surface area contributed by atoms with Gasteiger partial charge in [-0.15, -0.1) is 0 Å². The van der Waals surface area contributed by atoms with Crippen LogP contribution in [0.1, 0.15) is 57.1 Å². The molecule has 3 atom stereocenters. The Kier molecular flexibility index (Phi) is 15.0. The number of guanidine groups is 1. The molecule has 0 radical (unpaired) electrons. The van der Waals surface area contributed by atoms with E-state index in [1.54, 1.807) is 13.0 Å². The lowest BCUT2D eigenvalue weighted by Crippen LogP contribution is -2.54. The van der Waals surface area contributed by atoms with Gasteiger partial charge in [-0.05, 0) is 56.7 Å². The number of carbonyl (C=O) groups is 4. The molecule has 0 bridgehead atoms. The van der Waals surface area contributed by atoms with Crippen molar-refractivity contribution >= 4 is 40.9 Å². The minimum absolute atomic E-state index is 0.0199. The summed E-state index contributed by atoms with van der Waals surface area (Å²) >= 11 is 0. The molecule has 11 heteroatoms. The van der Waals surface area contributed by atoms with Crippen molar-refractivity contribution in [3.05, 3.63) is 77.9 Å². The van der Waals surface area contributed by atoms with E-state index in [0.717, 1.165) is 11.1 Å². The van der Waals surface area contributed by atoms with Crippen molar-refractivity contribution in [2.24, 2.45) is 22.4 Å². The van der Waals surface area contributed by atoms with E-state index in [9.17, 15) is 19.2 Å². The summed E-state index contributed by atoms with van der Waals surface area (Å²) in [7, 11) is 0. The average molecular weight is 604 g/mol. The van der Waals surface area contributed by atoms with Crippen molar-refractivity contribution in [1.82, 2.24) is 16.0 Å². The molecule has 0 unspecified atom stereocenters. The number of benzene rings is 2. The van der Waals surface area contributed by atoms with Crippen LogP contribution in [0.15, 0.2) is 71.7 Å². The average Bonchev–Trinajstić information content (AvgIpc) is 2.99. The van der Waals surface area contributed by atoms with Gasteiger partial charge in [0.25, 0.3) is 0 Å². The topological polar surface area (TPSA) is 193 Å². The quantitative estimate of drug-likeness (QED) is 0.0656. The van der Waals surface area contributed by atoms with Crippen LogP contribution in [-0.4, -0.2) is 53.8 Å².